The average Bonchev–Trinajstić information content (AvgIpc) is 4.28. The molecule has 3 rings (SSSR count). The van der Waals surface area contributed by atoms with Crippen molar-refractivity contribution < 1.29 is 96.2 Å². The number of carbonyl (C=O) groups is 12. The van der Waals surface area contributed by atoms with Crippen LogP contribution in [0, 0.1) is 74.4 Å². The number of carboxylic acids is 5. The van der Waals surface area contributed by atoms with Gasteiger partial charge in [-0.15, -0.1) is 0 Å². The fourth-order valence-corrected chi connectivity index (χ4v) is 8.43. The molecule has 0 bridgehead atoms. The predicted molar refractivity (Wildman–Crippen MR) is 329 cm³/mol. The number of nitrogens with zero attached hydrogens (tertiary/aromatic N) is 2. The van der Waals surface area contributed by atoms with E-state index in [0.717, 1.165) is 51.4 Å². The Balaban J connectivity index is -0.000000986. The number of nitrogens with one attached hydrogen (secondary N) is 1. The van der Waals surface area contributed by atoms with Crippen molar-refractivity contribution in [1.29, 1.82) is 0 Å². The maximum atomic E-state index is 12.2. The third-order valence-corrected chi connectivity index (χ3v) is 15.7. The average molecular weight is 1260 g/mol. The smallest absolute Gasteiger partial charge is 0.402 e. The van der Waals surface area contributed by atoms with E-state index in [1.165, 1.54) is 25.7 Å². The summed E-state index contributed by atoms with van der Waals surface area (Å²) in [7, 11) is 3.28. The molecule has 0 aliphatic heterocycles. The molecule has 510 valence electrons. The summed E-state index contributed by atoms with van der Waals surface area (Å²) in [5.74, 6) is -9.30. The number of carboxylic acid groups (broad SMARTS) is 5. The number of hydrogen-bond donors (Lipinski definition) is 6. The fraction of sp³-hybridized carbons (Fsp3) is 0.815. The first kappa shape index (κ1) is 86.4. The Hall–Kier alpha value is -5.77. The number of hydrogen-bond acceptors (Lipinski definition) is 12. The molecule has 0 aromatic rings. The molecule has 3 saturated carbocycles. The lowest BCUT2D eigenvalue weighted by Crippen LogP contribution is -2.49. The van der Waals surface area contributed by atoms with Crippen LogP contribution in [-0.2, 0) is 57.5 Å². The van der Waals surface area contributed by atoms with Crippen molar-refractivity contribution in [2.45, 2.75) is 253 Å². The Bertz CT molecular complexity index is 2310. The van der Waals surface area contributed by atoms with E-state index >= 15 is 0 Å². The molecular weight excluding hydrogens is 1150 g/mol. The number of Topliss-reactive ketones (excluding diaryl/α,β-unsaturated/α-hetero) is 4. The van der Waals surface area contributed by atoms with E-state index in [2.05, 4.69) is 5.32 Å². The standard InChI is InChI=1S/2C12H20O3.2C11H21NO3.C10H17NO2.C9H13F3O3/c1-12(2,3)10(13)7-9(11(14)15)6-8-4-5-8;1-12(2,3)10(13)7-9(11(14)15)8-5-4-6-8;1-7(2)8(9(13)14)12(6)10(15)11(3,4)5;1-6-7(2)8(9(13)14)12-10(15)11(3,4)5;1-7(2)9(13)11(4)10(5-6-10)8(3)12;1-8(2,3)6(13)4-5(7(14)15)9(10,11)12/h2*8-9H,4-7H2,1-3H3,(H,14,15);7-8H,1-6H3,(H,13,14);7-8H,6H2,1-5H3,(H,12,15)(H,13,14);7H,5-6H2,1-4H3;5H,4H2,1-3H3,(H,14,15)/t2*9-;8-;7?,8-;;/m1000../s1. The van der Waals surface area contributed by atoms with E-state index in [1.54, 1.807) is 81.3 Å². The maximum Gasteiger partial charge on any atom is 0.402 e. The number of likely N-dealkylation sites (N-methyl/N-ethyl adjacent to an activating group) is 2. The van der Waals surface area contributed by atoms with Crippen LogP contribution < -0.4 is 5.32 Å². The van der Waals surface area contributed by atoms with Gasteiger partial charge in [0.2, 0.25) is 17.7 Å². The van der Waals surface area contributed by atoms with E-state index in [1.807, 2.05) is 69.2 Å². The summed E-state index contributed by atoms with van der Waals surface area (Å²) in [6.45, 7) is 38.6. The van der Waals surface area contributed by atoms with E-state index < -0.39 is 111 Å². The van der Waals surface area contributed by atoms with Crippen molar-refractivity contribution in [2.75, 3.05) is 14.1 Å². The van der Waals surface area contributed by atoms with Crippen molar-refractivity contribution >= 4 is 70.7 Å². The van der Waals surface area contributed by atoms with Gasteiger partial charge in [-0.1, -0.05) is 171 Å². The van der Waals surface area contributed by atoms with Gasteiger partial charge < -0.3 is 40.6 Å². The molecule has 0 heterocycles. The van der Waals surface area contributed by atoms with E-state index in [4.69, 9.17) is 25.5 Å². The highest BCUT2D eigenvalue weighted by molar-refractivity contribution is 5.94. The first-order chi connectivity index (χ1) is 39.3. The minimum Gasteiger partial charge on any atom is -0.481 e. The Morgan fingerprint density at radius 2 is 0.977 bits per heavy atom. The van der Waals surface area contributed by atoms with Gasteiger partial charge in [-0.05, 0) is 62.7 Å². The highest BCUT2D eigenvalue weighted by atomic mass is 19.4. The van der Waals surface area contributed by atoms with E-state index in [0.29, 0.717) is 12.3 Å². The highest BCUT2D eigenvalue weighted by Crippen LogP contribution is 2.42. The van der Waals surface area contributed by atoms with Gasteiger partial charge in [-0.2, -0.15) is 13.2 Å². The lowest BCUT2D eigenvalue weighted by atomic mass is 9.72. The zero-order chi connectivity index (χ0) is 70.5. The van der Waals surface area contributed by atoms with Gasteiger partial charge in [-0.25, -0.2) is 9.59 Å². The number of rotatable bonds is 22. The zero-order valence-electron chi connectivity index (χ0n) is 57.4. The molecule has 3 aliphatic rings. The monoisotopic (exact) mass is 1260 g/mol. The van der Waals surface area contributed by atoms with Crippen molar-refractivity contribution in [3.63, 3.8) is 0 Å². The molecule has 0 radical (unpaired) electrons. The van der Waals surface area contributed by atoms with Crippen LogP contribution in [-0.4, -0.2) is 144 Å². The number of amides is 3. The van der Waals surface area contributed by atoms with Gasteiger partial charge in [0, 0.05) is 66.4 Å². The number of aliphatic carboxylic acids is 5. The van der Waals surface area contributed by atoms with Gasteiger partial charge in [-0.3, -0.25) is 47.9 Å². The van der Waals surface area contributed by atoms with Crippen LogP contribution in [0.5, 0.6) is 0 Å². The first-order valence-electron chi connectivity index (χ1n) is 30.5. The highest BCUT2D eigenvalue weighted by Gasteiger charge is 2.53. The molecular formula is C65H112F3N3O17. The molecule has 88 heavy (non-hydrogen) atoms. The summed E-state index contributed by atoms with van der Waals surface area (Å²) >= 11 is 0. The van der Waals surface area contributed by atoms with Crippen LogP contribution in [0.25, 0.3) is 0 Å². The van der Waals surface area contributed by atoms with Crippen molar-refractivity contribution in [3.8, 4) is 0 Å². The van der Waals surface area contributed by atoms with Crippen LogP contribution in [0.2, 0.25) is 0 Å². The van der Waals surface area contributed by atoms with Gasteiger partial charge >= 0.3 is 36.0 Å². The molecule has 20 nitrogen and oxygen atoms in total. The second-order valence-electron chi connectivity index (χ2n) is 29.7. The lowest BCUT2D eigenvalue weighted by Gasteiger charge is -2.32. The number of alkyl halides is 3. The number of halogens is 3. The maximum absolute atomic E-state index is 12.2. The second-order valence-corrected chi connectivity index (χ2v) is 29.7. The van der Waals surface area contributed by atoms with Crippen LogP contribution in [0.15, 0.2) is 0 Å². The molecule has 3 fully saturated rings. The summed E-state index contributed by atoms with van der Waals surface area (Å²) in [5.41, 5.74) is -3.34. The van der Waals surface area contributed by atoms with Crippen molar-refractivity contribution in [2.24, 2.45) is 74.4 Å². The minimum atomic E-state index is -4.88. The number of carbonyl (C=O) groups excluding carboxylic acids is 7. The van der Waals surface area contributed by atoms with Crippen molar-refractivity contribution in [3.05, 3.63) is 0 Å². The summed E-state index contributed by atoms with van der Waals surface area (Å²) < 4.78 is 36.6. The number of ketones is 4. The summed E-state index contributed by atoms with van der Waals surface area (Å²) in [6, 6.07) is -1.54. The Morgan fingerprint density at radius 3 is 1.23 bits per heavy atom. The Labute approximate surface area is 522 Å². The second kappa shape index (κ2) is 35.6. The van der Waals surface area contributed by atoms with Crippen LogP contribution in [0.3, 0.4) is 0 Å². The molecule has 0 saturated heterocycles. The molecule has 0 aromatic carbocycles. The molecule has 3 aliphatic carbocycles. The van der Waals surface area contributed by atoms with Crippen molar-refractivity contribution in [1.82, 2.24) is 15.1 Å². The molecule has 0 spiro atoms. The molecule has 6 atom stereocenters. The third-order valence-electron chi connectivity index (χ3n) is 15.7. The molecule has 6 N–H and O–H groups in total. The van der Waals surface area contributed by atoms with Gasteiger partial charge in [0.1, 0.15) is 35.0 Å². The minimum absolute atomic E-state index is 0.0261. The van der Waals surface area contributed by atoms with Gasteiger partial charge in [0.05, 0.1) is 11.8 Å². The Kier molecular flexibility index (Phi) is 34.9. The molecule has 23 heteroatoms. The molecule has 0 aromatic heterocycles. The predicted octanol–water partition coefficient (Wildman–Crippen LogP) is 11.7. The van der Waals surface area contributed by atoms with Crippen LogP contribution in [0.1, 0.15) is 229 Å². The molecule has 2 unspecified atom stereocenters. The summed E-state index contributed by atoms with van der Waals surface area (Å²) in [6.07, 6.45) is 2.86. The van der Waals surface area contributed by atoms with Gasteiger partial charge in [0.15, 0.2) is 11.7 Å². The zero-order valence-corrected chi connectivity index (χ0v) is 57.4. The van der Waals surface area contributed by atoms with E-state index in [-0.39, 0.29) is 71.6 Å². The summed E-state index contributed by atoms with van der Waals surface area (Å²) in [5, 5.41) is 47.0. The topological polar surface area (TPSA) is 324 Å². The molecule has 3 amide bonds. The van der Waals surface area contributed by atoms with Crippen LogP contribution in [0.4, 0.5) is 13.2 Å². The van der Waals surface area contributed by atoms with Gasteiger partial charge in [0.25, 0.3) is 0 Å². The SMILES string of the molecule is CC(=O)C1(N(C)C(=O)C(C)C)CC1.CC(C)(C)C(=O)CC(C(=O)O)C(F)(F)F.CC(C)(C)C(=O)C[C@@H](CC1CC1)C(=O)O.CC(C)(C)C(=O)C[C@H](C(=O)O)C1CCC1.CC(C)[C@@H](C(=O)O)N(C)C(=O)C(C)(C)C.CCC(C)[C@H](NC(=O)C(C)(C)C)C(=O)O. The third kappa shape index (κ3) is 31.6. The fourth-order valence-electron chi connectivity index (χ4n) is 8.43. The largest absolute Gasteiger partial charge is 0.481 e. The van der Waals surface area contributed by atoms with Crippen LogP contribution >= 0.6 is 0 Å². The van der Waals surface area contributed by atoms with E-state index in [9.17, 15) is 70.7 Å². The normalized spacial score (nSPS) is 16.7. The quantitative estimate of drug-likeness (QED) is 0.0586. The lowest BCUT2D eigenvalue weighted by molar-refractivity contribution is -0.196. The Morgan fingerprint density at radius 1 is 0.557 bits per heavy atom. The first-order valence-corrected chi connectivity index (χ1v) is 30.5. The summed E-state index contributed by atoms with van der Waals surface area (Å²) in [4.78, 5) is 138.